The van der Waals surface area contributed by atoms with Crippen molar-refractivity contribution in [2.24, 2.45) is 5.84 Å². The Hall–Kier alpha value is -2.49. The molecular weight excluding hydrogens is 448 g/mol. The first-order valence-electron chi connectivity index (χ1n) is 10.3. The van der Waals surface area contributed by atoms with Gasteiger partial charge in [0.1, 0.15) is 18.5 Å². The predicted octanol–water partition coefficient (Wildman–Crippen LogP) is 4.00. The van der Waals surface area contributed by atoms with Gasteiger partial charge in [-0.25, -0.2) is 10.8 Å². The van der Waals surface area contributed by atoms with Crippen LogP contribution in [0.4, 0.5) is 5.69 Å². The fraction of sp³-hybridized carbons (Fsp3) is 0.304. The van der Waals surface area contributed by atoms with Crippen molar-refractivity contribution in [1.82, 2.24) is 9.55 Å². The molecular formula is C23H25ClN4O3S. The number of hydrogen-bond acceptors (Lipinski definition) is 6. The lowest BCUT2D eigenvalue weighted by Crippen LogP contribution is -2.37. The Morgan fingerprint density at radius 2 is 2.03 bits per heavy atom. The van der Waals surface area contributed by atoms with Crippen molar-refractivity contribution in [3.05, 3.63) is 77.8 Å². The average molecular weight is 473 g/mol. The number of imidazole rings is 1. The first kappa shape index (κ1) is 22.7. The quantitative estimate of drug-likeness (QED) is 0.271. The number of anilines is 1. The number of rotatable bonds is 10. The van der Waals surface area contributed by atoms with Crippen LogP contribution in [0.1, 0.15) is 12.0 Å². The van der Waals surface area contributed by atoms with Crippen LogP contribution in [0.25, 0.3) is 0 Å². The summed E-state index contributed by atoms with van der Waals surface area (Å²) in [6.45, 7) is 1.38. The maximum atomic E-state index is 6.40. The van der Waals surface area contributed by atoms with Gasteiger partial charge in [0.15, 0.2) is 5.79 Å². The van der Waals surface area contributed by atoms with Crippen LogP contribution in [0.3, 0.4) is 0 Å². The third kappa shape index (κ3) is 5.85. The molecule has 0 saturated carbocycles. The molecule has 4 rings (SSSR count). The molecule has 0 unspecified atom stereocenters. The number of nitrogens with zero attached hydrogens (tertiary/aromatic N) is 3. The molecule has 1 aliphatic heterocycles. The van der Waals surface area contributed by atoms with Crippen molar-refractivity contribution in [1.29, 1.82) is 0 Å². The number of benzene rings is 2. The second kappa shape index (κ2) is 10.4. The van der Waals surface area contributed by atoms with Crippen LogP contribution in [0.15, 0.2) is 67.3 Å². The highest BCUT2D eigenvalue weighted by Gasteiger charge is 2.42. The number of aromatic nitrogens is 2. The third-order valence-electron chi connectivity index (χ3n) is 5.29. The van der Waals surface area contributed by atoms with E-state index in [1.807, 2.05) is 59.3 Å². The Kier molecular flexibility index (Phi) is 7.39. The lowest BCUT2D eigenvalue weighted by Gasteiger charge is -2.28. The van der Waals surface area contributed by atoms with E-state index in [1.165, 1.54) is 16.1 Å². The molecule has 0 spiro atoms. The van der Waals surface area contributed by atoms with Gasteiger partial charge in [-0.1, -0.05) is 36.0 Å². The van der Waals surface area contributed by atoms with Crippen LogP contribution in [-0.4, -0.2) is 40.1 Å². The molecule has 9 heteroatoms. The van der Waals surface area contributed by atoms with E-state index < -0.39 is 5.79 Å². The van der Waals surface area contributed by atoms with Crippen molar-refractivity contribution < 1.29 is 14.2 Å². The van der Waals surface area contributed by atoms with E-state index in [9.17, 15) is 0 Å². The van der Waals surface area contributed by atoms with E-state index in [1.54, 1.807) is 12.5 Å². The molecule has 1 saturated heterocycles. The minimum Gasteiger partial charge on any atom is -0.491 e. The lowest BCUT2D eigenvalue weighted by atomic mass is 10.0. The molecule has 2 heterocycles. The van der Waals surface area contributed by atoms with Gasteiger partial charge >= 0.3 is 0 Å². The molecule has 3 aromatic rings. The second-order valence-corrected chi connectivity index (χ2v) is 8.29. The highest BCUT2D eigenvalue weighted by atomic mass is 35.5. The average Bonchev–Trinajstić information content (AvgIpc) is 3.48. The standard InChI is InChI=1S/C23H25ClN4O3S/c24-19-3-1-18(2-4-19)9-10-23(15-27-12-11-26-16-27)30-14-22(31-23)13-29-21-7-5-20(6-8-21)28(25)17-32/h1-8,11-12,16-17,22H,9-10,13-15,25H2/t22-,23+/m1/s1. The largest absolute Gasteiger partial charge is 0.491 e. The number of halogens is 1. The zero-order valence-electron chi connectivity index (χ0n) is 17.5. The Morgan fingerprint density at radius 1 is 1.25 bits per heavy atom. The summed E-state index contributed by atoms with van der Waals surface area (Å²) in [5.41, 5.74) is 3.34. The van der Waals surface area contributed by atoms with Crippen LogP contribution in [-0.2, 0) is 22.4 Å². The zero-order chi connectivity index (χ0) is 22.4. The molecule has 0 amide bonds. The summed E-state index contributed by atoms with van der Waals surface area (Å²) in [6.07, 6.45) is 6.73. The Labute approximate surface area is 197 Å². The van der Waals surface area contributed by atoms with Crippen LogP contribution < -0.4 is 15.6 Å². The topological polar surface area (TPSA) is 74.8 Å². The van der Waals surface area contributed by atoms with Gasteiger partial charge in [-0.05, 0) is 48.4 Å². The Balaban J connectivity index is 1.37. The first-order valence-corrected chi connectivity index (χ1v) is 11.1. The highest BCUT2D eigenvalue weighted by molar-refractivity contribution is 7.79. The second-order valence-electron chi connectivity index (χ2n) is 7.64. The smallest absolute Gasteiger partial charge is 0.187 e. The summed E-state index contributed by atoms with van der Waals surface area (Å²) in [6, 6.07) is 15.2. The van der Waals surface area contributed by atoms with E-state index in [0.29, 0.717) is 26.2 Å². The Bertz CT molecular complexity index is 1000. The van der Waals surface area contributed by atoms with E-state index in [2.05, 4.69) is 4.98 Å². The molecule has 0 bridgehead atoms. The van der Waals surface area contributed by atoms with Gasteiger partial charge in [-0.3, -0.25) is 5.01 Å². The monoisotopic (exact) mass is 472 g/mol. The molecule has 32 heavy (non-hydrogen) atoms. The zero-order valence-corrected chi connectivity index (χ0v) is 19.0. The molecule has 2 N–H and O–H groups in total. The third-order valence-corrected chi connectivity index (χ3v) is 5.77. The number of hydrogen-bond donors (Lipinski definition) is 1. The molecule has 2 atom stereocenters. The summed E-state index contributed by atoms with van der Waals surface area (Å²) in [4.78, 5) is 4.14. The van der Waals surface area contributed by atoms with E-state index in [0.717, 1.165) is 22.9 Å². The van der Waals surface area contributed by atoms with Crippen LogP contribution in [0.5, 0.6) is 5.75 Å². The van der Waals surface area contributed by atoms with Gasteiger partial charge in [-0.15, -0.1) is 0 Å². The highest BCUT2D eigenvalue weighted by Crippen LogP contribution is 2.31. The SMILES string of the molecule is NN(C=S)c1ccc(OC[C@@H]2CO[C@](CCc3ccc(Cl)cc3)(Cn3ccnc3)O2)cc1. The van der Waals surface area contributed by atoms with Gasteiger partial charge in [0.25, 0.3) is 0 Å². The number of nitrogens with two attached hydrogens (primary N) is 1. The van der Waals surface area contributed by atoms with Gasteiger partial charge < -0.3 is 18.8 Å². The Morgan fingerprint density at radius 3 is 2.72 bits per heavy atom. The number of aryl methyl sites for hydroxylation is 1. The van der Waals surface area contributed by atoms with Crippen LogP contribution in [0, 0.1) is 0 Å². The molecule has 0 aliphatic carbocycles. The summed E-state index contributed by atoms with van der Waals surface area (Å²) >= 11 is 10.8. The van der Waals surface area contributed by atoms with Gasteiger partial charge in [0.2, 0.25) is 0 Å². The number of hydrazine groups is 1. The van der Waals surface area contributed by atoms with E-state index in [-0.39, 0.29) is 6.10 Å². The maximum Gasteiger partial charge on any atom is 0.187 e. The van der Waals surface area contributed by atoms with Crippen LogP contribution >= 0.6 is 23.8 Å². The predicted molar refractivity (Wildman–Crippen MR) is 128 cm³/mol. The van der Waals surface area contributed by atoms with Crippen molar-refractivity contribution >= 4 is 35.0 Å². The summed E-state index contributed by atoms with van der Waals surface area (Å²) < 4.78 is 20.5. The van der Waals surface area contributed by atoms with Crippen molar-refractivity contribution in [3.8, 4) is 5.75 Å². The van der Waals surface area contributed by atoms with Crippen LogP contribution in [0.2, 0.25) is 5.02 Å². The van der Waals surface area contributed by atoms with Gasteiger partial charge in [-0.2, -0.15) is 0 Å². The van der Waals surface area contributed by atoms with Gasteiger partial charge in [0.05, 0.1) is 30.7 Å². The summed E-state index contributed by atoms with van der Waals surface area (Å²) in [7, 11) is 0. The molecule has 0 radical (unpaired) electrons. The molecule has 1 aliphatic rings. The van der Waals surface area contributed by atoms with E-state index in [4.69, 9.17) is 43.9 Å². The first-order chi connectivity index (χ1) is 15.5. The molecule has 2 aromatic carbocycles. The summed E-state index contributed by atoms with van der Waals surface area (Å²) in [5.74, 6) is 5.74. The molecule has 7 nitrogen and oxygen atoms in total. The lowest BCUT2D eigenvalue weighted by molar-refractivity contribution is -0.184. The van der Waals surface area contributed by atoms with Crippen molar-refractivity contribution in [3.63, 3.8) is 0 Å². The fourth-order valence-corrected chi connectivity index (χ4v) is 3.85. The van der Waals surface area contributed by atoms with Crippen molar-refractivity contribution in [2.45, 2.75) is 31.3 Å². The normalized spacial score (nSPS) is 20.2. The number of ether oxygens (including phenoxy) is 3. The number of thiocarbonyl (C=S) groups is 1. The van der Waals surface area contributed by atoms with Crippen molar-refractivity contribution in [2.75, 3.05) is 18.2 Å². The van der Waals surface area contributed by atoms with Gasteiger partial charge in [0, 0.05) is 23.8 Å². The molecule has 1 aromatic heterocycles. The summed E-state index contributed by atoms with van der Waals surface area (Å²) in [5, 5.41) is 2.10. The maximum absolute atomic E-state index is 6.40. The molecule has 168 valence electrons. The minimum atomic E-state index is -0.752. The van der Waals surface area contributed by atoms with E-state index >= 15 is 0 Å². The molecule has 1 fully saturated rings. The minimum absolute atomic E-state index is 0.185. The fourth-order valence-electron chi connectivity index (χ4n) is 3.60.